The number of carbonyl (C=O) groups is 1. The van der Waals surface area contributed by atoms with Gasteiger partial charge in [0.2, 0.25) is 0 Å². The monoisotopic (exact) mass is 431 g/mol. The quantitative estimate of drug-likeness (QED) is 0.520. The zero-order chi connectivity index (χ0) is 22.0. The first kappa shape index (κ1) is 22.3. The van der Waals surface area contributed by atoms with Gasteiger partial charge in [-0.1, -0.05) is 19.3 Å². The maximum absolute atomic E-state index is 11.3. The average molecular weight is 431 g/mol. The van der Waals surface area contributed by atoms with Gasteiger partial charge in [0.25, 0.3) is 0 Å². The second-order valence-electron chi connectivity index (χ2n) is 9.09. The first-order valence-electron chi connectivity index (χ1n) is 11.4. The van der Waals surface area contributed by atoms with Crippen molar-refractivity contribution >= 4 is 32.5 Å². The molecule has 1 aliphatic heterocycles. The van der Waals surface area contributed by atoms with Gasteiger partial charge in [-0.15, -0.1) is 0 Å². The molecule has 0 spiro atoms. The van der Waals surface area contributed by atoms with Crippen molar-refractivity contribution in [1.29, 1.82) is 0 Å². The third-order valence-electron chi connectivity index (χ3n) is 6.78. The Labute approximate surface area is 196 Å². The van der Waals surface area contributed by atoms with Gasteiger partial charge in [0.05, 0.1) is 0 Å². The first-order valence-corrected chi connectivity index (χ1v) is 13.4. The number of hydrogen-bond donors (Lipinski definition) is 1. The van der Waals surface area contributed by atoms with Crippen molar-refractivity contribution in [2.75, 3.05) is 6.61 Å². The summed E-state index contributed by atoms with van der Waals surface area (Å²) in [6.07, 6.45) is 6.65. The number of rotatable bonds is 6. The fourth-order valence-electron chi connectivity index (χ4n) is 4.74. The molecule has 7 heteroatoms. The van der Waals surface area contributed by atoms with Crippen LogP contribution >= 0.6 is 0 Å². The Morgan fingerprint density at radius 1 is 1.16 bits per heavy atom. The van der Waals surface area contributed by atoms with Gasteiger partial charge in [0, 0.05) is 0 Å². The molecule has 1 fully saturated rings. The second kappa shape index (κ2) is 9.72. The van der Waals surface area contributed by atoms with Crippen LogP contribution in [-0.2, 0) is 11.3 Å². The number of ether oxygens (including phenoxy) is 1. The summed E-state index contributed by atoms with van der Waals surface area (Å²) < 4.78 is 6.64. The van der Waals surface area contributed by atoms with E-state index >= 15 is 0 Å². The van der Waals surface area contributed by atoms with E-state index in [1.807, 2.05) is 6.07 Å². The maximum atomic E-state index is 11.3. The molecule has 2 aromatic rings. The van der Waals surface area contributed by atoms with E-state index in [1.165, 1.54) is 30.4 Å². The zero-order valence-corrected chi connectivity index (χ0v) is 20.8. The summed E-state index contributed by atoms with van der Waals surface area (Å²) in [5.74, 6) is 1.52. The fourth-order valence-corrected chi connectivity index (χ4v) is 5.86. The van der Waals surface area contributed by atoms with Crippen LogP contribution in [0.3, 0.4) is 0 Å². The topological polar surface area (TPSA) is 81.0 Å². The number of hydrogen-bond acceptors (Lipinski definition) is 6. The summed E-state index contributed by atoms with van der Waals surface area (Å²) in [7, 11) is 0. The van der Waals surface area contributed by atoms with Crippen LogP contribution in [0.4, 0.5) is 4.79 Å². The predicted molar refractivity (Wildman–Crippen MR) is 120 cm³/mol. The molecule has 159 valence electrons. The van der Waals surface area contributed by atoms with Crippen molar-refractivity contribution in [3.8, 4) is 11.5 Å². The minimum absolute atomic E-state index is 0.146. The molecular formula is C24H28N2NaO4. The standard InChI is InChI=1S/C24H28N2O4.Na/c1-16-13-23(29-12-11-25-30-15-27)18(3)17(2)21(16)14-20-9-10-22(28)24(26-20)19-7-5-4-6-8-19;/h9-10,13,19,28H,4-8,12,14H2,1-3H3;. The molecule has 1 N–H and O–H groups in total. The van der Waals surface area contributed by atoms with Crippen LogP contribution in [0.5, 0.6) is 11.5 Å². The minimum atomic E-state index is -1.61. The Balaban J connectivity index is 1.53. The van der Waals surface area contributed by atoms with Crippen LogP contribution < -0.4 is 4.74 Å². The zero-order valence-electron chi connectivity index (χ0n) is 18.8. The number of aryl methyl sites for hydroxylation is 1. The number of pyridine rings is 1. The molecule has 0 amide bonds. The molecule has 1 aliphatic carbocycles. The Hall–Kier alpha value is -1.89. The molecule has 5 radical (unpaired) electrons. The molecule has 0 saturated heterocycles. The van der Waals surface area contributed by atoms with E-state index in [0.29, 0.717) is 18.3 Å². The molecule has 4 rings (SSSR count). The molecule has 1 saturated carbocycles. The number of aromatic hydroxyl groups is 1. The normalized spacial score (nSPS) is 16.9. The van der Waals surface area contributed by atoms with E-state index in [9.17, 15) is 9.90 Å². The van der Waals surface area contributed by atoms with E-state index in [0.717, 1.165) is 50.5 Å². The molecular weight excluding hydrogens is 403 g/mol. The molecule has 1 aromatic carbocycles. The summed E-state index contributed by atoms with van der Waals surface area (Å²) in [5.41, 5.74) is 6.52. The van der Waals surface area contributed by atoms with E-state index in [-0.39, 0.29) is 3.22 Å². The molecule has 6 nitrogen and oxygen atoms in total. The van der Waals surface area contributed by atoms with E-state index in [4.69, 9.17) is 14.6 Å². The molecule has 0 atom stereocenters. The number of oxime groups is 1. The van der Waals surface area contributed by atoms with Crippen molar-refractivity contribution < 1.29 is 19.5 Å². The van der Waals surface area contributed by atoms with Crippen molar-refractivity contribution in [1.82, 2.24) is 4.98 Å². The van der Waals surface area contributed by atoms with Crippen molar-refractivity contribution in [3.05, 3.63) is 51.8 Å². The van der Waals surface area contributed by atoms with E-state index in [2.05, 4.69) is 32.0 Å². The third kappa shape index (κ3) is 5.13. The first-order chi connectivity index (χ1) is 14.9. The molecule has 0 unspecified atom stereocenters. The SMILES string of the molecule is Cc1cc(OC[C]2=NO[C](=O)[Na]2)c(C)c(C)c1Cc1ccc(O)c(C2CCCCC2)n1. The second-order valence-corrected chi connectivity index (χ2v) is 11.6. The third-order valence-corrected chi connectivity index (χ3v) is 8.42. The van der Waals surface area contributed by atoms with Gasteiger partial charge in [-0.2, -0.15) is 0 Å². The van der Waals surface area contributed by atoms with Crippen molar-refractivity contribution in [3.63, 3.8) is 0 Å². The molecule has 0 bridgehead atoms. The van der Waals surface area contributed by atoms with Crippen LogP contribution in [0, 0.1) is 20.8 Å². The van der Waals surface area contributed by atoms with Crippen LogP contribution in [0.15, 0.2) is 23.4 Å². The number of benzene rings is 1. The number of aromatic nitrogens is 1. The predicted octanol–water partition coefficient (Wildman–Crippen LogP) is 4.90. The van der Waals surface area contributed by atoms with Gasteiger partial charge in [0.15, 0.2) is 0 Å². The number of carbonyl (C=O) groups excluding carboxylic acids is 1. The summed E-state index contributed by atoms with van der Waals surface area (Å²) in [6, 6.07) is 5.80. The summed E-state index contributed by atoms with van der Waals surface area (Å²) >= 11 is -1.61. The van der Waals surface area contributed by atoms with Gasteiger partial charge in [-0.3, -0.25) is 0 Å². The van der Waals surface area contributed by atoms with Crippen molar-refractivity contribution in [2.24, 2.45) is 5.16 Å². The molecule has 1 aromatic heterocycles. The Bertz CT molecular complexity index is 1030. The summed E-state index contributed by atoms with van der Waals surface area (Å²) in [4.78, 5) is 20.9. The van der Waals surface area contributed by atoms with E-state index in [1.54, 1.807) is 6.07 Å². The Kier molecular flexibility index (Phi) is 6.99. The van der Waals surface area contributed by atoms with Gasteiger partial charge in [-0.05, 0) is 12.8 Å². The summed E-state index contributed by atoms with van der Waals surface area (Å²) in [6.45, 7) is 6.60. The molecule has 2 heterocycles. The van der Waals surface area contributed by atoms with Crippen LogP contribution in [0.25, 0.3) is 0 Å². The molecule has 31 heavy (non-hydrogen) atoms. The number of nitrogens with zero attached hydrogens (tertiary/aromatic N) is 2. The van der Waals surface area contributed by atoms with Crippen LogP contribution in [0.1, 0.15) is 71.7 Å². The van der Waals surface area contributed by atoms with Crippen molar-refractivity contribution in [2.45, 2.75) is 65.2 Å². The molecule has 2 aliphatic rings. The van der Waals surface area contributed by atoms with Gasteiger partial charge in [-0.25, -0.2) is 0 Å². The van der Waals surface area contributed by atoms with Crippen LogP contribution in [-0.4, -0.2) is 49.2 Å². The Morgan fingerprint density at radius 3 is 2.65 bits per heavy atom. The van der Waals surface area contributed by atoms with Crippen LogP contribution in [0.2, 0.25) is 0 Å². The van der Waals surface area contributed by atoms with Gasteiger partial charge in [0.1, 0.15) is 0 Å². The van der Waals surface area contributed by atoms with Gasteiger partial charge >= 0.3 is 160 Å². The van der Waals surface area contributed by atoms with E-state index < -0.39 is 26.3 Å². The summed E-state index contributed by atoms with van der Waals surface area (Å²) in [5, 5.41) is 14.2. The fraction of sp³-hybridized carbons (Fsp3) is 0.458. The Morgan fingerprint density at radius 2 is 1.94 bits per heavy atom. The van der Waals surface area contributed by atoms with Gasteiger partial charge < -0.3 is 5.11 Å². The average Bonchev–Trinajstić information content (AvgIpc) is 3.19.